The average Bonchev–Trinajstić information content (AvgIpc) is 2.25. The zero-order chi connectivity index (χ0) is 13.7. The van der Waals surface area contributed by atoms with Crippen molar-refractivity contribution in [3.05, 3.63) is 46.9 Å². The van der Waals surface area contributed by atoms with Crippen LogP contribution in [0.4, 0.5) is 0 Å². The molecule has 3 aromatic heterocycles. The fourth-order valence-electron chi connectivity index (χ4n) is 1.70. The topological polar surface area (TPSA) is 171 Å². The minimum Gasteiger partial charge on any atom is -0.617 e. The third-order valence-corrected chi connectivity index (χ3v) is 2.43. The molecule has 0 bridgehead atoms. The summed E-state index contributed by atoms with van der Waals surface area (Å²) in [6.45, 7) is 0. The van der Waals surface area contributed by atoms with E-state index in [0.29, 0.717) is 0 Å². The zero-order valence-electron chi connectivity index (χ0n) is 8.94. The number of aromatic amines is 4. The number of nitrogens with one attached hydrogen (secondary N) is 4. The Morgan fingerprint density at radius 3 is 1.63 bits per heavy atom. The molecule has 0 aromatic carbocycles. The van der Waals surface area contributed by atoms with E-state index in [1.54, 1.807) is 0 Å². The summed E-state index contributed by atoms with van der Waals surface area (Å²) in [4.78, 5) is 56.8. The number of hydrogen-bond acceptors (Lipinski definition) is 6. The molecule has 0 unspecified atom stereocenters. The van der Waals surface area contributed by atoms with E-state index in [1.807, 2.05) is 9.97 Å². The normalized spacial score (nSPS) is 11.2. The number of aromatic nitrogens is 6. The molecule has 0 atom stereocenters. The van der Waals surface area contributed by atoms with E-state index in [2.05, 4.69) is 15.0 Å². The summed E-state index contributed by atoms with van der Waals surface area (Å²) in [6.07, 6.45) is 0. The Hall–Kier alpha value is -3.24. The summed E-state index contributed by atoms with van der Waals surface area (Å²) in [7, 11) is 0. The monoisotopic (exact) mass is 264 g/mol. The van der Waals surface area contributed by atoms with E-state index in [-0.39, 0.29) is 16.0 Å². The number of rotatable bonds is 0. The van der Waals surface area contributed by atoms with Crippen LogP contribution in [-0.2, 0) is 0 Å². The van der Waals surface area contributed by atoms with Gasteiger partial charge in [-0.2, -0.15) is 4.98 Å². The van der Waals surface area contributed by atoms with Crippen molar-refractivity contribution >= 4 is 22.3 Å². The zero-order valence-corrected chi connectivity index (χ0v) is 8.94. The van der Waals surface area contributed by atoms with Crippen LogP contribution in [0.2, 0.25) is 0 Å². The van der Waals surface area contributed by atoms with Crippen LogP contribution in [0.25, 0.3) is 22.3 Å². The van der Waals surface area contributed by atoms with Crippen LogP contribution in [0, 0.1) is 5.21 Å². The Bertz CT molecular complexity index is 972. The van der Waals surface area contributed by atoms with Crippen molar-refractivity contribution in [2.45, 2.75) is 0 Å². The molecule has 0 saturated heterocycles. The molecular weight excluding hydrogens is 260 g/mol. The smallest absolute Gasteiger partial charge is 0.329 e. The fourth-order valence-corrected chi connectivity index (χ4v) is 1.70. The minimum absolute atomic E-state index is 0.00120. The highest BCUT2D eigenvalue weighted by Gasteiger charge is 2.20. The fraction of sp³-hybridized carbons (Fsp3) is 0. The summed E-state index contributed by atoms with van der Waals surface area (Å²) in [5.74, 6) is 0. The van der Waals surface area contributed by atoms with E-state index in [9.17, 15) is 24.4 Å². The molecule has 3 heterocycles. The van der Waals surface area contributed by atoms with Crippen molar-refractivity contribution in [3.63, 3.8) is 0 Å². The van der Waals surface area contributed by atoms with E-state index >= 15 is 0 Å². The van der Waals surface area contributed by atoms with Gasteiger partial charge < -0.3 is 5.21 Å². The molecule has 0 aliphatic rings. The van der Waals surface area contributed by atoms with Gasteiger partial charge in [0, 0.05) is 0 Å². The van der Waals surface area contributed by atoms with Crippen molar-refractivity contribution in [1.29, 1.82) is 0 Å². The van der Waals surface area contributed by atoms with Gasteiger partial charge in [-0.25, -0.2) is 9.59 Å². The van der Waals surface area contributed by atoms with Gasteiger partial charge in [0.05, 0.1) is 0 Å². The van der Waals surface area contributed by atoms with Crippen LogP contribution in [0.15, 0.2) is 19.2 Å². The molecule has 96 valence electrons. The van der Waals surface area contributed by atoms with Crippen LogP contribution in [-0.4, -0.2) is 24.9 Å². The van der Waals surface area contributed by atoms with Crippen LogP contribution in [0.3, 0.4) is 0 Å². The van der Waals surface area contributed by atoms with Crippen LogP contribution >= 0.6 is 0 Å². The second-order valence-electron chi connectivity index (χ2n) is 3.62. The van der Waals surface area contributed by atoms with Crippen LogP contribution < -0.4 is 27.2 Å². The van der Waals surface area contributed by atoms with Gasteiger partial charge in [-0.1, -0.05) is 0 Å². The molecule has 0 aliphatic carbocycles. The van der Waals surface area contributed by atoms with E-state index in [1.165, 1.54) is 0 Å². The lowest BCUT2D eigenvalue weighted by atomic mass is 10.4. The van der Waals surface area contributed by atoms with E-state index in [0.717, 1.165) is 0 Å². The van der Waals surface area contributed by atoms with Gasteiger partial charge in [0.2, 0.25) is 11.3 Å². The van der Waals surface area contributed by atoms with Crippen LogP contribution in [0.5, 0.6) is 0 Å². The molecule has 4 N–H and O–H groups in total. The number of nitrogens with zero attached hydrogens (tertiary/aromatic N) is 2. The summed E-state index contributed by atoms with van der Waals surface area (Å²) >= 11 is 0. The molecule has 11 nitrogen and oxygen atoms in total. The van der Waals surface area contributed by atoms with Gasteiger partial charge in [-0.05, 0) is 0 Å². The van der Waals surface area contributed by atoms with Gasteiger partial charge in [-0.3, -0.25) is 29.5 Å². The summed E-state index contributed by atoms with van der Waals surface area (Å²) in [6, 6.07) is 0. The summed E-state index contributed by atoms with van der Waals surface area (Å²) in [5.41, 5.74) is -5.46. The van der Waals surface area contributed by atoms with Crippen LogP contribution in [0.1, 0.15) is 0 Å². The number of hydrogen-bond donors (Lipinski definition) is 4. The highest BCUT2D eigenvalue weighted by molar-refractivity contribution is 5.74. The maximum Gasteiger partial charge on any atom is 0.329 e. The molecule has 0 amide bonds. The van der Waals surface area contributed by atoms with Crippen molar-refractivity contribution in [2.24, 2.45) is 0 Å². The van der Waals surface area contributed by atoms with Gasteiger partial charge in [0.1, 0.15) is 0 Å². The molecule has 3 rings (SSSR count). The third-order valence-electron chi connectivity index (χ3n) is 2.43. The highest BCUT2D eigenvalue weighted by Crippen LogP contribution is 2.00. The lowest BCUT2D eigenvalue weighted by Gasteiger charge is -2.02. The van der Waals surface area contributed by atoms with Gasteiger partial charge in [-0.15, -0.1) is 4.73 Å². The lowest BCUT2D eigenvalue weighted by Crippen LogP contribution is -2.42. The van der Waals surface area contributed by atoms with Crippen molar-refractivity contribution in [2.75, 3.05) is 0 Å². The molecule has 0 aliphatic heterocycles. The highest BCUT2D eigenvalue weighted by atomic mass is 16.5. The second-order valence-corrected chi connectivity index (χ2v) is 3.62. The average molecular weight is 264 g/mol. The molecule has 0 saturated carbocycles. The first-order chi connectivity index (χ1) is 8.97. The second kappa shape index (κ2) is 3.38. The van der Waals surface area contributed by atoms with Gasteiger partial charge in [0.15, 0.2) is 0 Å². The van der Waals surface area contributed by atoms with Gasteiger partial charge >= 0.3 is 33.5 Å². The Kier molecular flexibility index (Phi) is 1.94. The quantitative estimate of drug-likeness (QED) is 0.189. The largest absolute Gasteiger partial charge is 0.617 e. The Morgan fingerprint density at radius 1 is 0.789 bits per heavy atom. The summed E-state index contributed by atoms with van der Waals surface area (Å²) in [5, 5.41) is 11.9. The third kappa shape index (κ3) is 1.45. The standard InChI is InChI=1S/C8H4N6O5/c15-5-1-3(10-7(17)12-5)9-4-2(14(1)19)6(16)13-8(18)11-4/h(H4,9,10,11,12,13,15,16,17,18). The Morgan fingerprint density at radius 2 is 1.21 bits per heavy atom. The minimum atomic E-state index is -0.992. The molecule has 0 spiro atoms. The molecule has 19 heavy (non-hydrogen) atoms. The first kappa shape index (κ1) is 10.9. The van der Waals surface area contributed by atoms with Crippen molar-refractivity contribution in [1.82, 2.24) is 24.9 Å². The maximum atomic E-state index is 11.9. The van der Waals surface area contributed by atoms with E-state index < -0.39 is 33.5 Å². The molecule has 3 aromatic rings. The Labute approximate surface area is 99.7 Å². The predicted molar refractivity (Wildman–Crippen MR) is 60.7 cm³/mol. The Balaban J connectivity index is 2.76. The number of fused-ring (bicyclic) bond motifs is 2. The molecule has 0 radical (unpaired) electrons. The first-order valence-corrected chi connectivity index (χ1v) is 4.89. The molecule has 11 heteroatoms. The first-order valence-electron chi connectivity index (χ1n) is 4.89. The predicted octanol–water partition coefficient (Wildman–Crippen LogP) is -3.23. The number of H-pyrrole nitrogens is 4. The SMILES string of the molecule is O=c1[nH]c(=O)c2c(nc3[nH]c(=O)[nH]c(=O)c3[n+]2[O-])[nH]1. The van der Waals surface area contributed by atoms with E-state index in [4.69, 9.17) is 0 Å². The summed E-state index contributed by atoms with van der Waals surface area (Å²) < 4.78 is 0.00120. The van der Waals surface area contributed by atoms with Crippen molar-refractivity contribution < 1.29 is 4.73 Å². The molecule has 0 fully saturated rings. The van der Waals surface area contributed by atoms with Gasteiger partial charge in [0.25, 0.3) is 0 Å². The lowest BCUT2D eigenvalue weighted by molar-refractivity contribution is -0.549. The maximum absolute atomic E-state index is 11.9. The molecular formula is C8H4N6O5. The van der Waals surface area contributed by atoms with Crippen molar-refractivity contribution in [3.8, 4) is 0 Å².